The summed E-state index contributed by atoms with van der Waals surface area (Å²) in [7, 11) is 0. The van der Waals surface area contributed by atoms with Crippen LogP contribution in [0.3, 0.4) is 0 Å². The van der Waals surface area contributed by atoms with Gasteiger partial charge in [0.2, 0.25) is 0 Å². The topological polar surface area (TPSA) is 16.1 Å². The van der Waals surface area contributed by atoms with Crippen LogP contribution in [0.25, 0.3) is 22.2 Å². The first-order valence-electron chi connectivity index (χ1n) is 11.1. The minimum atomic E-state index is 0.367. The van der Waals surface area contributed by atoms with Gasteiger partial charge in [-0.2, -0.15) is 0 Å². The summed E-state index contributed by atoms with van der Waals surface area (Å²) in [5.41, 5.74) is 7.97. The summed E-state index contributed by atoms with van der Waals surface area (Å²) in [4.78, 5) is 7.27. The van der Waals surface area contributed by atoms with Crippen molar-refractivity contribution in [1.82, 2.24) is 4.98 Å². The molecule has 4 aromatic carbocycles. The lowest BCUT2D eigenvalue weighted by Gasteiger charge is -2.27. The third-order valence-electron chi connectivity index (χ3n) is 5.82. The van der Waals surface area contributed by atoms with Crippen LogP contribution >= 0.6 is 0 Å². The van der Waals surface area contributed by atoms with Crippen LogP contribution in [0.15, 0.2) is 115 Å². The van der Waals surface area contributed by atoms with Gasteiger partial charge in [-0.25, -0.2) is 4.98 Å². The Morgan fingerprint density at radius 2 is 1.22 bits per heavy atom. The molecule has 0 atom stereocenters. The number of hydrogen-bond donors (Lipinski definition) is 0. The van der Waals surface area contributed by atoms with E-state index in [0.29, 0.717) is 6.71 Å². The highest BCUT2D eigenvalue weighted by molar-refractivity contribution is 6.72. The van der Waals surface area contributed by atoms with Gasteiger partial charge in [-0.15, -0.1) is 0 Å². The summed E-state index contributed by atoms with van der Waals surface area (Å²) < 4.78 is 0. The molecule has 0 aliphatic rings. The number of nitrogens with zero attached hydrogens (tertiary/aromatic N) is 2. The highest BCUT2D eigenvalue weighted by Crippen LogP contribution is 2.34. The van der Waals surface area contributed by atoms with Gasteiger partial charge in [0.25, 0.3) is 0 Å². The highest BCUT2D eigenvalue weighted by Gasteiger charge is 2.17. The molecular weight excluding hydrogens is 387 g/mol. The monoisotopic (exact) mass is 412 g/mol. The molecule has 0 N–H and O–H groups in total. The standard InChI is InChI=1S/C29H25BN2/c1-30(2)27-21-25(32(23-12-5-3-6-13-23)24-14-7-4-8-15-24)18-19-26(27)29-20-17-22-11-9-10-16-28(22)31-29/h3-21H,1-2H3. The van der Waals surface area contributed by atoms with Gasteiger partial charge < -0.3 is 4.90 Å². The molecule has 0 aliphatic carbocycles. The van der Waals surface area contributed by atoms with E-state index in [9.17, 15) is 0 Å². The number of para-hydroxylation sites is 3. The van der Waals surface area contributed by atoms with Crippen molar-refractivity contribution in [3.63, 3.8) is 0 Å². The van der Waals surface area contributed by atoms with E-state index in [1.165, 1.54) is 16.4 Å². The second kappa shape index (κ2) is 8.72. The summed E-state index contributed by atoms with van der Waals surface area (Å²) in [6, 6.07) is 40.4. The van der Waals surface area contributed by atoms with Crippen LogP contribution in [0.5, 0.6) is 0 Å². The minimum absolute atomic E-state index is 0.367. The van der Waals surface area contributed by atoms with Crippen molar-refractivity contribution >= 4 is 40.1 Å². The predicted octanol–water partition coefficient (Wildman–Crippen LogP) is 7.33. The van der Waals surface area contributed by atoms with Crippen LogP contribution < -0.4 is 10.4 Å². The maximum Gasteiger partial charge on any atom is 0.170 e. The molecule has 2 nitrogen and oxygen atoms in total. The molecular formula is C29H25BN2. The number of anilines is 3. The van der Waals surface area contributed by atoms with E-state index in [0.717, 1.165) is 28.3 Å². The zero-order valence-corrected chi connectivity index (χ0v) is 18.4. The van der Waals surface area contributed by atoms with Gasteiger partial charge in [-0.3, -0.25) is 0 Å². The normalized spacial score (nSPS) is 10.8. The van der Waals surface area contributed by atoms with Crippen molar-refractivity contribution in [2.24, 2.45) is 0 Å². The molecule has 1 heterocycles. The number of hydrogen-bond acceptors (Lipinski definition) is 2. The molecule has 0 amide bonds. The van der Waals surface area contributed by atoms with Crippen molar-refractivity contribution in [2.75, 3.05) is 4.90 Å². The molecule has 0 bridgehead atoms. The number of pyridine rings is 1. The second-order valence-corrected chi connectivity index (χ2v) is 8.32. The fourth-order valence-corrected chi connectivity index (χ4v) is 4.22. The Kier molecular flexibility index (Phi) is 5.47. The average molecular weight is 412 g/mol. The van der Waals surface area contributed by atoms with Gasteiger partial charge >= 0.3 is 0 Å². The SMILES string of the molecule is CB(C)c1cc(N(c2ccccc2)c2ccccc2)ccc1-c1ccc2ccccc2n1. The van der Waals surface area contributed by atoms with Crippen LogP contribution in [0.1, 0.15) is 0 Å². The van der Waals surface area contributed by atoms with Gasteiger partial charge in [-0.05, 0) is 54.1 Å². The first kappa shape index (κ1) is 20.1. The zero-order chi connectivity index (χ0) is 21.9. The molecule has 0 aliphatic heterocycles. The van der Waals surface area contributed by atoms with Crippen molar-refractivity contribution in [3.05, 3.63) is 115 Å². The quantitative estimate of drug-likeness (QED) is 0.281. The van der Waals surface area contributed by atoms with Crippen LogP contribution in [-0.2, 0) is 0 Å². The fourth-order valence-electron chi connectivity index (χ4n) is 4.22. The van der Waals surface area contributed by atoms with Gasteiger partial charge in [0.1, 0.15) is 0 Å². The Bertz CT molecular complexity index is 1310. The number of benzene rings is 4. The van der Waals surface area contributed by atoms with Gasteiger partial charge in [-0.1, -0.05) is 85.8 Å². The van der Waals surface area contributed by atoms with E-state index in [-0.39, 0.29) is 0 Å². The van der Waals surface area contributed by atoms with Crippen molar-refractivity contribution in [3.8, 4) is 11.3 Å². The molecule has 0 radical (unpaired) electrons. The third kappa shape index (κ3) is 3.90. The number of rotatable bonds is 5. The van der Waals surface area contributed by atoms with E-state index in [2.05, 4.69) is 128 Å². The van der Waals surface area contributed by atoms with Gasteiger partial charge in [0.05, 0.1) is 11.2 Å². The number of aromatic nitrogens is 1. The minimum Gasteiger partial charge on any atom is -0.311 e. The summed E-state index contributed by atoms with van der Waals surface area (Å²) in [6.45, 7) is 4.87. The summed E-state index contributed by atoms with van der Waals surface area (Å²) in [6.07, 6.45) is 0. The Morgan fingerprint density at radius 3 is 1.88 bits per heavy atom. The molecule has 5 aromatic rings. The summed E-state index contributed by atoms with van der Waals surface area (Å²) in [5.74, 6) is 0. The maximum absolute atomic E-state index is 4.97. The maximum atomic E-state index is 4.97. The van der Waals surface area contributed by atoms with Crippen molar-refractivity contribution in [1.29, 1.82) is 0 Å². The van der Waals surface area contributed by atoms with Crippen LogP contribution in [-0.4, -0.2) is 11.7 Å². The fraction of sp³-hybridized carbons (Fsp3) is 0.0690. The molecule has 0 fully saturated rings. The van der Waals surface area contributed by atoms with E-state index in [1.54, 1.807) is 0 Å². The number of fused-ring (bicyclic) bond motifs is 1. The molecule has 1 aromatic heterocycles. The Hall–Kier alpha value is -3.85. The smallest absolute Gasteiger partial charge is 0.170 e. The Balaban J connectivity index is 1.65. The van der Waals surface area contributed by atoms with E-state index in [1.807, 2.05) is 6.07 Å². The van der Waals surface area contributed by atoms with Crippen molar-refractivity contribution < 1.29 is 0 Å². The highest BCUT2D eigenvalue weighted by atomic mass is 15.1. The molecule has 0 saturated carbocycles. The van der Waals surface area contributed by atoms with Gasteiger partial charge in [0.15, 0.2) is 6.71 Å². The largest absolute Gasteiger partial charge is 0.311 e. The molecule has 3 heteroatoms. The molecule has 0 spiro atoms. The average Bonchev–Trinajstić information content (AvgIpc) is 2.85. The van der Waals surface area contributed by atoms with Crippen LogP contribution in [0.2, 0.25) is 13.6 Å². The zero-order valence-electron chi connectivity index (χ0n) is 18.4. The lowest BCUT2D eigenvalue weighted by atomic mass is 9.48. The molecule has 154 valence electrons. The van der Waals surface area contributed by atoms with Crippen LogP contribution in [0, 0.1) is 0 Å². The lowest BCUT2D eigenvalue weighted by Crippen LogP contribution is -2.26. The molecule has 0 saturated heterocycles. The van der Waals surface area contributed by atoms with E-state index < -0.39 is 0 Å². The van der Waals surface area contributed by atoms with Crippen LogP contribution in [0.4, 0.5) is 17.1 Å². The molecule has 5 rings (SSSR count). The van der Waals surface area contributed by atoms with E-state index >= 15 is 0 Å². The summed E-state index contributed by atoms with van der Waals surface area (Å²) in [5, 5.41) is 1.17. The molecule has 0 unspecified atom stereocenters. The Labute approximate surface area is 190 Å². The second-order valence-electron chi connectivity index (χ2n) is 8.32. The lowest BCUT2D eigenvalue weighted by molar-refractivity contribution is 1.28. The Morgan fingerprint density at radius 1 is 0.594 bits per heavy atom. The van der Waals surface area contributed by atoms with Crippen molar-refractivity contribution in [2.45, 2.75) is 13.6 Å². The summed E-state index contributed by atoms with van der Waals surface area (Å²) >= 11 is 0. The molecule has 32 heavy (non-hydrogen) atoms. The van der Waals surface area contributed by atoms with E-state index in [4.69, 9.17) is 4.98 Å². The van der Waals surface area contributed by atoms with Gasteiger partial charge in [0, 0.05) is 22.4 Å². The first-order chi connectivity index (χ1) is 15.7. The first-order valence-corrected chi connectivity index (χ1v) is 11.1. The predicted molar refractivity (Wildman–Crippen MR) is 139 cm³/mol. The third-order valence-corrected chi connectivity index (χ3v) is 5.82.